The smallest absolute Gasteiger partial charge is 0.168 e. The number of hydrogen-bond donors (Lipinski definition) is 2. The maximum absolute atomic E-state index is 9.36. The summed E-state index contributed by atoms with van der Waals surface area (Å²) in [6.45, 7) is 4.04. The first-order valence-electron chi connectivity index (χ1n) is 7.23. The number of nitrogens with two attached hydrogens (primary N) is 1. The molecule has 1 saturated carbocycles. The van der Waals surface area contributed by atoms with Gasteiger partial charge in [0, 0.05) is 6.04 Å². The molecule has 108 valence electrons. The van der Waals surface area contributed by atoms with Gasteiger partial charge in [-0.3, -0.25) is 0 Å². The molecule has 3 N–H and O–H groups in total. The zero-order valence-corrected chi connectivity index (χ0v) is 12.3. The number of rotatable bonds is 3. The van der Waals surface area contributed by atoms with Crippen LogP contribution in [-0.4, -0.2) is 15.8 Å². The number of aromatic nitrogens is 2. The largest absolute Gasteiger partial charge is 0.382 e. The van der Waals surface area contributed by atoms with Crippen molar-refractivity contribution in [3.63, 3.8) is 0 Å². The highest BCUT2D eigenvalue weighted by molar-refractivity contribution is 5.67. The number of nitriles is 1. The Balaban J connectivity index is 2.06. The fourth-order valence-electron chi connectivity index (χ4n) is 2.52. The molecule has 1 aromatic carbocycles. The van der Waals surface area contributed by atoms with Crippen LogP contribution in [0.4, 0.5) is 11.6 Å². The Morgan fingerprint density at radius 3 is 2.76 bits per heavy atom. The normalized spacial score (nSPS) is 14.5. The molecule has 3 rings (SSSR count). The maximum atomic E-state index is 9.36. The standard InChI is InChI=1S/C16H19N5/c1-10-6-7-11(2)14(8-10)21-15(18)13(9-17)16(20-21)19-12-4-3-5-12/h6-8,12H,3-5,18H2,1-2H3,(H,19,20). The Morgan fingerprint density at radius 1 is 1.38 bits per heavy atom. The van der Waals surface area contributed by atoms with E-state index in [-0.39, 0.29) is 0 Å². The van der Waals surface area contributed by atoms with Crippen molar-refractivity contribution in [1.82, 2.24) is 9.78 Å². The molecule has 5 heteroatoms. The lowest BCUT2D eigenvalue weighted by atomic mass is 9.93. The first-order valence-corrected chi connectivity index (χ1v) is 7.23. The molecule has 21 heavy (non-hydrogen) atoms. The predicted molar refractivity (Wildman–Crippen MR) is 83.4 cm³/mol. The molecule has 1 aliphatic carbocycles. The van der Waals surface area contributed by atoms with Crippen LogP contribution < -0.4 is 11.1 Å². The second-order valence-electron chi connectivity index (χ2n) is 5.69. The van der Waals surface area contributed by atoms with Crippen molar-refractivity contribution < 1.29 is 0 Å². The average Bonchev–Trinajstić information content (AvgIpc) is 2.73. The Hall–Kier alpha value is -2.48. The lowest BCUT2D eigenvalue weighted by Gasteiger charge is -2.26. The zero-order valence-electron chi connectivity index (χ0n) is 12.3. The van der Waals surface area contributed by atoms with E-state index in [1.165, 1.54) is 6.42 Å². The molecule has 0 saturated heterocycles. The van der Waals surface area contributed by atoms with Crippen LogP contribution in [-0.2, 0) is 0 Å². The molecule has 0 spiro atoms. The van der Waals surface area contributed by atoms with Crippen LogP contribution in [0.25, 0.3) is 5.69 Å². The summed E-state index contributed by atoms with van der Waals surface area (Å²) in [5.41, 5.74) is 9.71. The Labute approximate surface area is 124 Å². The number of hydrogen-bond acceptors (Lipinski definition) is 4. The first-order chi connectivity index (χ1) is 10.1. The van der Waals surface area contributed by atoms with Crippen molar-refractivity contribution in [2.75, 3.05) is 11.1 Å². The lowest BCUT2D eigenvalue weighted by Crippen LogP contribution is -2.27. The summed E-state index contributed by atoms with van der Waals surface area (Å²) in [6.07, 6.45) is 3.48. The SMILES string of the molecule is Cc1ccc(C)c(-n2nc(NC3CCC3)c(C#N)c2N)c1. The number of aryl methyl sites for hydroxylation is 2. The van der Waals surface area contributed by atoms with Gasteiger partial charge < -0.3 is 11.1 Å². The van der Waals surface area contributed by atoms with E-state index < -0.39 is 0 Å². The first kappa shape index (κ1) is 13.5. The highest BCUT2D eigenvalue weighted by Gasteiger charge is 2.23. The van der Waals surface area contributed by atoms with Gasteiger partial charge in [-0.1, -0.05) is 12.1 Å². The van der Waals surface area contributed by atoms with Gasteiger partial charge in [-0.2, -0.15) is 5.26 Å². The van der Waals surface area contributed by atoms with Gasteiger partial charge in [0.2, 0.25) is 0 Å². The number of nitrogens with zero attached hydrogens (tertiary/aromatic N) is 3. The quantitative estimate of drug-likeness (QED) is 0.906. The van der Waals surface area contributed by atoms with Crippen LogP contribution in [0.1, 0.15) is 36.0 Å². The summed E-state index contributed by atoms with van der Waals surface area (Å²) in [6, 6.07) is 8.71. The van der Waals surface area contributed by atoms with Crippen LogP contribution in [0.3, 0.4) is 0 Å². The minimum atomic E-state index is 0.396. The van der Waals surface area contributed by atoms with E-state index in [2.05, 4.69) is 22.6 Å². The molecule has 2 aromatic rings. The van der Waals surface area contributed by atoms with Crippen molar-refractivity contribution in [3.8, 4) is 11.8 Å². The minimum absolute atomic E-state index is 0.396. The van der Waals surface area contributed by atoms with Crippen LogP contribution >= 0.6 is 0 Å². The van der Waals surface area contributed by atoms with Gasteiger partial charge in [0.25, 0.3) is 0 Å². The van der Waals surface area contributed by atoms with Crippen LogP contribution in [0.2, 0.25) is 0 Å². The van der Waals surface area contributed by atoms with Gasteiger partial charge in [-0.05, 0) is 50.3 Å². The molecule has 0 unspecified atom stereocenters. The maximum Gasteiger partial charge on any atom is 0.168 e. The van der Waals surface area contributed by atoms with Gasteiger partial charge in [-0.15, -0.1) is 5.10 Å². The van der Waals surface area contributed by atoms with Gasteiger partial charge in [-0.25, -0.2) is 4.68 Å². The summed E-state index contributed by atoms with van der Waals surface area (Å²) in [5.74, 6) is 0.994. The summed E-state index contributed by atoms with van der Waals surface area (Å²) < 4.78 is 1.67. The van der Waals surface area contributed by atoms with E-state index in [1.807, 2.05) is 26.0 Å². The third kappa shape index (κ3) is 2.33. The Kier molecular flexibility index (Phi) is 3.30. The number of nitrogen functional groups attached to an aromatic ring is 1. The lowest BCUT2D eigenvalue weighted by molar-refractivity contribution is 0.444. The minimum Gasteiger partial charge on any atom is -0.382 e. The van der Waals surface area contributed by atoms with E-state index in [4.69, 9.17) is 5.73 Å². The van der Waals surface area contributed by atoms with E-state index in [1.54, 1.807) is 4.68 Å². The summed E-state index contributed by atoms with van der Waals surface area (Å²) in [7, 11) is 0. The van der Waals surface area contributed by atoms with Crippen molar-refractivity contribution in [2.45, 2.75) is 39.2 Å². The third-order valence-electron chi connectivity index (χ3n) is 4.07. The molecule has 1 aliphatic rings. The van der Waals surface area contributed by atoms with Crippen LogP contribution in [0, 0.1) is 25.2 Å². The third-order valence-corrected chi connectivity index (χ3v) is 4.07. The summed E-state index contributed by atoms with van der Waals surface area (Å²) in [4.78, 5) is 0. The van der Waals surface area contributed by atoms with Crippen molar-refractivity contribution in [2.24, 2.45) is 0 Å². The zero-order chi connectivity index (χ0) is 15.0. The number of benzene rings is 1. The Morgan fingerprint density at radius 2 is 2.14 bits per heavy atom. The molecule has 0 radical (unpaired) electrons. The molecule has 0 aliphatic heterocycles. The van der Waals surface area contributed by atoms with E-state index in [9.17, 15) is 5.26 Å². The molecule has 0 amide bonds. The highest BCUT2D eigenvalue weighted by atomic mass is 15.4. The fraction of sp³-hybridized carbons (Fsp3) is 0.375. The second kappa shape index (κ2) is 5.13. The van der Waals surface area contributed by atoms with Crippen LogP contribution in [0.5, 0.6) is 0 Å². The Bertz CT molecular complexity index is 719. The van der Waals surface area contributed by atoms with E-state index in [0.717, 1.165) is 29.7 Å². The molecular formula is C16H19N5. The summed E-state index contributed by atoms with van der Waals surface area (Å²) >= 11 is 0. The van der Waals surface area contributed by atoms with Crippen molar-refractivity contribution in [1.29, 1.82) is 5.26 Å². The molecule has 1 aromatic heterocycles. The number of nitrogens with one attached hydrogen (secondary N) is 1. The monoisotopic (exact) mass is 281 g/mol. The van der Waals surface area contributed by atoms with Gasteiger partial charge in [0.05, 0.1) is 5.69 Å². The average molecular weight is 281 g/mol. The fourth-order valence-corrected chi connectivity index (χ4v) is 2.52. The second-order valence-corrected chi connectivity index (χ2v) is 5.69. The van der Waals surface area contributed by atoms with Gasteiger partial charge in [0.15, 0.2) is 5.82 Å². The van der Waals surface area contributed by atoms with Gasteiger partial charge in [0.1, 0.15) is 17.5 Å². The van der Waals surface area contributed by atoms with Crippen LogP contribution in [0.15, 0.2) is 18.2 Å². The number of anilines is 2. The topological polar surface area (TPSA) is 79.7 Å². The summed E-state index contributed by atoms with van der Waals surface area (Å²) in [5, 5.41) is 17.2. The molecule has 1 heterocycles. The molecule has 0 atom stereocenters. The van der Waals surface area contributed by atoms with Crippen molar-refractivity contribution in [3.05, 3.63) is 34.9 Å². The van der Waals surface area contributed by atoms with E-state index >= 15 is 0 Å². The predicted octanol–water partition coefficient (Wildman–Crippen LogP) is 2.91. The highest BCUT2D eigenvalue weighted by Crippen LogP contribution is 2.29. The molecule has 5 nitrogen and oxygen atoms in total. The molecule has 0 bridgehead atoms. The van der Waals surface area contributed by atoms with Crippen molar-refractivity contribution >= 4 is 11.6 Å². The van der Waals surface area contributed by atoms with Gasteiger partial charge >= 0.3 is 0 Å². The van der Waals surface area contributed by atoms with E-state index in [0.29, 0.717) is 23.2 Å². The molecule has 1 fully saturated rings. The molecular weight excluding hydrogens is 262 g/mol.